The number of amidine groups is 1. The number of benzene rings is 2. The lowest BCUT2D eigenvalue weighted by Crippen LogP contribution is -2.48. The molecule has 2 aromatic carbocycles. The molecule has 38 heavy (non-hydrogen) atoms. The van der Waals surface area contributed by atoms with Crippen molar-refractivity contribution in [1.82, 2.24) is 4.90 Å². The Labute approximate surface area is 230 Å². The van der Waals surface area contributed by atoms with E-state index in [1.54, 1.807) is 0 Å². The minimum atomic E-state index is -0.119. The van der Waals surface area contributed by atoms with Gasteiger partial charge in [-0.15, -0.1) is 0 Å². The number of hydrogen-bond acceptors (Lipinski definition) is 4. The molecule has 5 heteroatoms. The zero-order valence-corrected chi connectivity index (χ0v) is 23.0. The van der Waals surface area contributed by atoms with Crippen LogP contribution >= 0.6 is 11.8 Å². The lowest BCUT2D eigenvalue weighted by Gasteiger charge is -2.57. The minimum absolute atomic E-state index is 0.119. The predicted octanol–water partition coefficient (Wildman–Crippen LogP) is 7.76. The van der Waals surface area contributed by atoms with Crippen LogP contribution in [-0.4, -0.2) is 34.2 Å². The molecule has 2 heterocycles. The standard InChI is InChI=1S/C33H38N2O2S/c36-29-10-9-27(18-28(29)33-19-23-13-24(20-33)15-25(14-23)21-33)26-8-6-7-22(16-26)17-30-31(37)34-32(38-30)35-11-4-2-1-3-5-12-35/h6-10,16-18,23-25,36H,1-5,11-15,19-21H2/b30-17-. The first-order valence-corrected chi connectivity index (χ1v) is 15.6. The van der Waals surface area contributed by atoms with E-state index >= 15 is 0 Å². The normalized spacial score (nSPS) is 31.9. The predicted molar refractivity (Wildman–Crippen MR) is 156 cm³/mol. The summed E-state index contributed by atoms with van der Waals surface area (Å²) >= 11 is 1.53. The Morgan fingerprint density at radius 1 is 0.868 bits per heavy atom. The third kappa shape index (κ3) is 4.61. The van der Waals surface area contributed by atoms with Crippen LogP contribution in [0.3, 0.4) is 0 Å². The molecule has 1 amide bonds. The van der Waals surface area contributed by atoms with E-state index in [0.29, 0.717) is 10.7 Å². The van der Waals surface area contributed by atoms with Crippen molar-refractivity contribution in [1.29, 1.82) is 0 Å². The zero-order chi connectivity index (χ0) is 25.7. The van der Waals surface area contributed by atoms with Crippen LogP contribution in [0.4, 0.5) is 0 Å². The molecule has 0 unspecified atom stereocenters. The first-order chi connectivity index (χ1) is 18.5. The fourth-order valence-corrected chi connectivity index (χ4v) is 9.48. The minimum Gasteiger partial charge on any atom is -0.508 e. The Balaban J connectivity index is 1.13. The summed E-state index contributed by atoms with van der Waals surface area (Å²) in [5.41, 5.74) is 4.63. The summed E-state index contributed by atoms with van der Waals surface area (Å²) in [7, 11) is 0. The molecule has 1 saturated heterocycles. The van der Waals surface area contributed by atoms with E-state index < -0.39 is 0 Å². The highest BCUT2D eigenvalue weighted by atomic mass is 32.2. The number of thioether (sulfide) groups is 1. The molecule has 2 aliphatic heterocycles. The van der Waals surface area contributed by atoms with E-state index in [-0.39, 0.29) is 11.3 Å². The Morgan fingerprint density at radius 2 is 1.53 bits per heavy atom. The second-order valence-electron chi connectivity index (χ2n) is 12.6. The van der Waals surface area contributed by atoms with Crippen molar-refractivity contribution in [2.45, 2.75) is 76.0 Å². The highest BCUT2D eigenvalue weighted by Crippen LogP contribution is 2.62. The van der Waals surface area contributed by atoms with Crippen molar-refractivity contribution >= 4 is 28.9 Å². The van der Waals surface area contributed by atoms with Gasteiger partial charge in [-0.05, 0) is 127 Å². The van der Waals surface area contributed by atoms with Gasteiger partial charge in [0.15, 0.2) is 5.17 Å². The van der Waals surface area contributed by atoms with Crippen LogP contribution in [0.2, 0.25) is 0 Å². The van der Waals surface area contributed by atoms with Gasteiger partial charge in [0, 0.05) is 18.7 Å². The maximum absolute atomic E-state index is 12.8. The van der Waals surface area contributed by atoms with Gasteiger partial charge in [0.25, 0.3) is 5.91 Å². The molecule has 1 N–H and O–H groups in total. The molecule has 4 aliphatic carbocycles. The number of likely N-dealkylation sites (tertiary alicyclic amines) is 1. The molecular weight excluding hydrogens is 488 g/mol. The largest absolute Gasteiger partial charge is 0.508 e. The highest BCUT2D eigenvalue weighted by Gasteiger charge is 2.52. The molecule has 198 valence electrons. The number of phenolic OH excluding ortho intramolecular Hbond substituents is 1. The summed E-state index contributed by atoms with van der Waals surface area (Å²) in [6.45, 7) is 1.99. The first-order valence-electron chi connectivity index (χ1n) is 14.8. The van der Waals surface area contributed by atoms with Crippen molar-refractivity contribution in [3.63, 3.8) is 0 Å². The van der Waals surface area contributed by atoms with Crippen molar-refractivity contribution in [3.05, 3.63) is 58.5 Å². The summed E-state index contributed by atoms with van der Waals surface area (Å²) in [6.07, 6.45) is 16.1. The van der Waals surface area contributed by atoms with E-state index in [1.165, 1.54) is 88.0 Å². The summed E-state index contributed by atoms with van der Waals surface area (Å²) in [6, 6.07) is 14.7. The summed E-state index contributed by atoms with van der Waals surface area (Å²) in [5, 5.41) is 11.9. The molecule has 6 aliphatic rings. The summed E-state index contributed by atoms with van der Waals surface area (Å²) in [5.74, 6) is 2.87. The van der Waals surface area contributed by atoms with Crippen molar-refractivity contribution in [3.8, 4) is 16.9 Å². The van der Waals surface area contributed by atoms with Gasteiger partial charge in [0.2, 0.25) is 0 Å². The van der Waals surface area contributed by atoms with Crippen molar-refractivity contribution < 1.29 is 9.90 Å². The number of aromatic hydroxyl groups is 1. The number of phenols is 1. The van der Waals surface area contributed by atoms with Crippen LogP contribution in [0.15, 0.2) is 52.4 Å². The Kier molecular flexibility index (Phi) is 6.38. The number of rotatable bonds is 3. The molecule has 0 radical (unpaired) electrons. The van der Waals surface area contributed by atoms with Crippen LogP contribution < -0.4 is 0 Å². The number of carbonyl (C=O) groups is 1. The van der Waals surface area contributed by atoms with Crippen LogP contribution in [0, 0.1) is 17.8 Å². The van der Waals surface area contributed by atoms with E-state index in [1.807, 2.05) is 18.2 Å². The molecule has 8 rings (SSSR count). The zero-order valence-electron chi connectivity index (χ0n) is 22.2. The Hall–Kier alpha value is -2.53. The van der Waals surface area contributed by atoms with E-state index in [9.17, 15) is 9.90 Å². The second kappa shape index (κ2) is 9.89. The SMILES string of the molecule is O=C1N=C(N2CCCCCCC2)S/C1=C\c1cccc(-c2ccc(O)c(C34CC5CC(CC(C5)C3)C4)c2)c1. The quantitative estimate of drug-likeness (QED) is 0.415. The van der Waals surface area contributed by atoms with Gasteiger partial charge in [0.1, 0.15) is 5.75 Å². The van der Waals surface area contributed by atoms with Gasteiger partial charge in [-0.2, -0.15) is 4.99 Å². The van der Waals surface area contributed by atoms with Crippen LogP contribution in [0.25, 0.3) is 17.2 Å². The topological polar surface area (TPSA) is 52.9 Å². The van der Waals surface area contributed by atoms with Crippen molar-refractivity contribution in [2.24, 2.45) is 22.7 Å². The van der Waals surface area contributed by atoms with Crippen LogP contribution in [0.5, 0.6) is 5.75 Å². The van der Waals surface area contributed by atoms with Gasteiger partial charge >= 0.3 is 0 Å². The number of amides is 1. The molecule has 0 atom stereocenters. The molecule has 4 bridgehead atoms. The third-order valence-corrected chi connectivity index (χ3v) is 10.9. The van der Waals surface area contributed by atoms with Gasteiger partial charge in [-0.25, -0.2) is 0 Å². The molecule has 4 nitrogen and oxygen atoms in total. The van der Waals surface area contributed by atoms with Gasteiger partial charge < -0.3 is 10.0 Å². The number of nitrogens with zero attached hydrogens (tertiary/aromatic N) is 2. The summed E-state index contributed by atoms with van der Waals surface area (Å²) < 4.78 is 0. The van der Waals surface area contributed by atoms with Gasteiger partial charge in [0.05, 0.1) is 4.91 Å². The fraction of sp³-hybridized carbons (Fsp3) is 0.515. The third-order valence-electron chi connectivity index (χ3n) is 9.86. The second-order valence-corrected chi connectivity index (χ2v) is 13.6. The van der Waals surface area contributed by atoms with Crippen LogP contribution in [-0.2, 0) is 10.2 Å². The molecule has 0 spiro atoms. The Bertz CT molecular complexity index is 1270. The fourth-order valence-electron chi connectivity index (χ4n) is 8.51. The molecule has 4 saturated carbocycles. The smallest absolute Gasteiger partial charge is 0.286 e. The average Bonchev–Trinajstić information content (AvgIpc) is 3.23. The van der Waals surface area contributed by atoms with E-state index in [0.717, 1.165) is 52.7 Å². The van der Waals surface area contributed by atoms with E-state index in [4.69, 9.17) is 0 Å². The Morgan fingerprint density at radius 3 is 2.24 bits per heavy atom. The number of hydrogen-bond donors (Lipinski definition) is 1. The summed E-state index contributed by atoms with van der Waals surface area (Å²) in [4.78, 5) is 20.2. The lowest BCUT2D eigenvalue weighted by molar-refractivity contribution is -0.113. The van der Waals surface area contributed by atoms with Crippen LogP contribution in [0.1, 0.15) is 81.8 Å². The molecule has 2 aromatic rings. The number of aliphatic imine (C=N–C) groups is 1. The molecule has 0 aromatic heterocycles. The first kappa shape index (κ1) is 24.5. The molecular formula is C33H38N2O2S. The van der Waals surface area contributed by atoms with E-state index in [2.05, 4.69) is 40.2 Å². The van der Waals surface area contributed by atoms with Crippen molar-refractivity contribution in [2.75, 3.05) is 13.1 Å². The number of carbonyl (C=O) groups excluding carboxylic acids is 1. The maximum Gasteiger partial charge on any atom is 0.286 e. The monoisotopic (exact) mass is 526 g/mol. The maximum atomic E-state index is 12.8. The van der Waals surface area contributed by atoms with Gasteiger partial charge in [-0.3, -0.25) is 4.79 Å². The highest BCUT2D eigenvalue weighted by molar-refractivity contribution is 8.18. The van der Waals surface area contributed by atoms with Gasteiger partial charge in [-0.1, -0.05) is 43.5 Å². The molecule has 5 fully saturated rings. The average molecular weight is 527 g/mol. The lowest BCUT2D eigenvalue weighted by atomic mass is 9.48.